The highest BCUT2D eigenvalue weighted by molar-refractivity contribution is 8.01. The zero-order valence-electron chi connectivity index (χ0n) is 23.8. The third-order valence-electron chi connectivity index (χ3n) is 5.83. The molecular formula is C25H30N10O6S4. The molecule has 4 rings (SSSR count). The van der Waals surface area contributed by atoms with Crippen LogP contribution >= 0.6 is 23.5 Å². The van der Waals surface area contributed by atoms with E-state index in [1.807, 2.05) is 60.7 Å². The van der Waals surface area contributed by atoms with Gasteiger partial charge in [-0.05, 0) is 51.5 Å². The summed E-state index contributed by atoms with van der Waals surface area (Å²) in [7, 11) is -7.38. The molecule has 0 saturated heterocycles. The lowest BCUT2D eigenvalue weighted by Gasteiger charge is -2.08. The minimum atomic E-state index is -3.69. The van der Waals surface area contributed by atoms with Gasteiger partial charge in [-0.1, -0.05) is 59.9 Å². The monoisotopic (exact) mass is 694 g/mol. The Morgan fingerprint density at radius 3 is 1.44 bits per heavy atom. The Balaban J connectivity index is 1.08. The summed E-state index contributed by atoms with van der Waals surface area (Å²) in [6, 6.07) is 18.3. The number of rotatable bonds is 18. The van der Waals surface area contributed by atoms with Crippen molar-refractivity contribution in [1.29, 1.82) is 0 Å². The zero-order chi connectivity index (χ0) is 32.1. The van der Waals surface area contributed by atoms with Crippen LogP contribution in [0.4, 0.5) is 0 Å². The van der Waals surface area contributed by atoms with Crippen molar-refractivity contribution in [3.05, 3.63) is 60.7 Å². The number of hydrogen-bond acceptors (Lipinski definition) is 14. The van der Waals surface area contributed by atoms with Crippen LogP contribution in [-0.2, 0) is 29.3 Å². The molecule has 240 valence electrons. The molecular weight excluding hydrogens is 665 g/mol. The number of thioether (sulfide) groups is 2. The molecule has 0 spiro atoms. The van der Waals surface area contributed by atoms with Crippen LogP contribution in [0.15, 0.2) is 71.0 Å². The summed E-state index contributed by atoms with van der Waals surface area (Å²) in [5.74, 6) is -2.89. The summed E-state index contributed by atoms with van der Waals surface area (Å²) in [5.41, 5.74) is 1.47. The third kappa shape index (κ3) is 11.2. The van der Waals surface area contributed by atoms with E-state index in [9.17, 15) is 26.4 Å². The summed E-state index contributed by atoms with van der Waals surface area (Å²) in [4.78, 5) is 24.3. The van der Waals surface area contributed by atoms with Crippen molar-refractivity contribution in [2.75, 3.05) is 47.6 Å². The summed E-state index contributed by atoms with van der Waals surface area (Å²) >= 11 is 2.32. The van der Waals surface area contributed by atoms with Gasteiger partial charge >= 0.3 is 0 Å². The van der Waals surface area contributed by atoms with Gasteiger partial charge in [-0.25, -0.2) is 16.8 Å². The van der Waals surface area contributed by atoms with Crippen molar-refractivity contribution in [2.45, 2.75) is 16.7 Å². The molecule has 45 heavy (non-hydrogen) atoms. The second kappa shape index (κ2) is 16.4. The van der Waals surface area contributed by atoms with Crippen LogP contribution in [0.1, 0.15) is 6.42 Å². The van der Waals surface area contributed by atoms with E-state index < -0.39 is 43.0 Å². The molecule has 0 atom stereocenters. The van der Waals surface area contributed by atoms with Gasteiger partial charge in [0.05, 0.1) is 22.9 Å². The van der Waals surface area contributed by atoms with Crippen molar-refractivity contribution in [3.63, 3.8) is 0 Å². The molecule has 2 aromatic heterocycles. The average molecular weight is 695 g/mol. The predicted octanol–water partition coefficient (Wildman–Crippen LogP) is -0.0255. The summed E-state index contributed by atoms with van der Waals surface area (Å²) in [6.07, 6.45) is 0.285. The molecule has 0 radical (unpaired) electrons. The fourth-order valence-corrected chi connectivity index (χ4v) is 8.78. The maximum Gasteiger partial charge on any atom is 0.235 e. The standard InChI is InChI=1S/C25H30N10O6S4/c36-22(18-44(38,39)16-14-42-24-28-30-32-34(24)20-8-3-1-4-9-20)26-12-7-13-27-23(37)19-45(40,41)17-15-43-25-29-31-33-35(25)21-10-5-2-6-11-21/h1-6,8-11H,7,12-19H2,(H,26,36)(H,27,37). The molecule has 2 heterocycles. The van der Waals surface area contributed by atoms with E-state index in [1.54, 1.807) is 0 Å². The van der Waals surface area contributed by atoms with E-state index in [2.05, 4.69) is 41.7 Å². The number of para-hydroxylation sites is 2. The normalized spacial score (nSPS) is 11.7. The molecule has 2 N–H and O–H groups in total. The maximum atomic E-state index is 12.4. The van der Waals surface area contributed by atoms with Crippen LogP contribution in [0.5, 0.6) is 0 Å². The van der Waals surface area contributed by atoms with Crippen molar-refractivity contribution < 1.29 is 26.4 Å². The predicted molar refractivity (Wildman–Crippen MR) is 168 cm³/mol. The van der Waals surface area contributed by atoms with E-state index >= 15 is 0 Å². The van der Waals surface area contributed by atoms with Crippen LogP contribution in [0.25, 0.3) is 11.4 Å². The van der Waals surface area contributed by atoms with Gasteiger partial charge in [-0.2, -0.15) is 9.36 Å². The lowest BCUT2D eigenvalue weighted by atomic mass is 10.3. The van der Waals surface area contributed by atoms with E-state index in [1.165, 1.54) is 9.36 Å². The van der Waals surface area contributed by atoms with Gasteiger partial charge in [-0.3, -0.25) is 9.59 Å². The highest BCUT2D eigenvalue weighted by atomic mass is 32.2. The Bertz CT molecular complexity index is 1640. The largest absolute Gasteiger partial charge is 0.355 e. The van der Waals surface area contributed by atoms with Crippen LogP contribution in [0, 0.1) is 0 Å². The first-order valence-electron chi connectivity index (χ1n) is 13.5. The van der Waals surface area contributed by atoms with Crippen LogP contribution in [-0.4, -0.2) is 117 Å². The molecule has 0 fully saturated rings. The van der Waals surface area contributed by atoms with Gasteiger partial charge < -0.3 is 10.6 Å². The number of carbonyl (C=O) groups excluding carboxylic acids is 2. The van der Waals surface area contributed by atoms with Gasteiger partial charge in [0, 0.05) is 24.6 Å². The molecule has 0 bridgehead atoms. The Morgan fingerprint density at radius 2 is 1.04 bits per heavy atom. The Morgan fingerprint density at radius 1 is 0.644 bits per heavy atom. The highest BCUT2D eigenvalue weighted by Crippen LogP contribution is 2.19. The Kier molecular flexibility index (Phi) is 12.4. The van der Waals surface area contributed by atoms with Crippen LogP contribution < -0.4 is 10.6 Å². The first-order chi connectivity index (χ1) is 21.6. The molecule has 0 aliphatic carbocycles. The number of tetrazole rings is 2. The molecule has 20 heteroatoms. The smallest absolute Gasteiger partial charge is 0.235 e. The molecule has 4 aromatic rings. The third-order valence-corrected chi connectivity index (χ3v) is 11.2. The van der Waals surface area contributed by atoms with E-state index in [4.69, 9.17) is 0 Å². The number of nitrogens with zero attached hydrogens (tertiary/aromatic N) is 8. The van der Waals surface area contributed by atoms with Crippen molar-refractivity contribution in [3.8, 4) is 11.4 Å². The van der Waals surface area contributed by atoms with E-state index in [0.717, 1.165) is 34.9 Å². The molecule has 0 aliphatic heterocycles. The van der Waals surface area contributed by atoms with Crippen LogP contribution in [0.3, 0.4) is 0 Å². The minimum Gasteiger partial charge on any atom is -0.355 e. The molecule has 16 nitrogen and oxygen atoms in total. The number of hydrogen-bond donors (Lipinski definition) is 2. The molecule has 2 aromatic carbocycles. The number of nitrogens with one attached hydrogen (secondary N) is 2. The van der Waals surface area contributed by atoms with Gasteiger partial charge in [0.2, 0.25) is 22.1 Å². The van der Waals surface area contributed by atoms with Crippen molar-refractivity contribution in [1.82, 2.24) is 51.0 Å². The summed E-state index contributed by atoms with van der Waals surface area (Å²) in [5, 5.41) is 28.8. The zero-order valence-corrected chi connectivity index (χ0v) is 27.1. The molecule has 0 unspecified atom stereocenters. The summed E-state index contributed by atoms with van der Waals surface area (Å²) in [6.45, 7) is 0.212. The maximum absolute atomic E-state index is 12.4. The first-order valence-corrected chi connectivity index (χ1v) is 19.1. The van der Waals surface area contributed by atoms with Gasteiger partial charge in [0.1, 0.15) is 11.5 Å². The Hall–Kier alpha value is -3.88. The lowest BCUT2D eigenvalue weighted by Crippen LogP contribution is -2.35. The SMILES string of the molecule is O=C(CS(=O)(=O)CCSc1nnnn1-c1ccccc1)NCCCNC(=O)CS(=O)(=O)CCSc1nnnn1-c1ccccc1. The average Bonchev–Trinajstić information content (AvgIpc) is 3.67. The van der Waals surface area contributed by atoms with Gasteiger partial charge in [0.25, 0.3) is 0 Å². The summed E-state index contributed by atoms with van der Waals surface area (Å²) < 4.78 is 52.6. The first kappa shape index (κ1) is 34.0. The lowest BCUT2D eigenvalue weighted by molar-refractivity contribution is -0.119. The molecule has 0 aliphatic rings. The molecule has 2 amide bonds. The topological polar surface area (TPSA) is 214 Å². The second-order valence-corrected chi connectivity index (χ2v) is 15.8. The second-order valence-electron chi connectivity index (χ2n) is 9.35. The fourth-order valence-electron chi connectivity index (χ4n) is 3.71. The van der Waals surface area contributed by atoms with Crippen molar-refractivity contribution in [2.24, 2.45) is 0 Å². The quantitative estimate of drug-likeness (QED) is 0.103. The van der Waals surface area contributed by atoms with E-state index in [0.29, 0.717) is 10.3 Å². The highest BCUT2D eigenvalue weighted by Gasteiger charge is 2.19. The number of benzene rings is 2. The van der Waals surface area contributed by atoms with Gasteiger partial charge in [0.15, 0.2) is 19.7 Å². The van der Waals surface area contributed by atoms with Crippen molar-refractivity contribution >= 4 is 55.0 Å². The number of carbonyl (C=O) groups is 2. The van der Waals surface area contributed by atoms with E-state index in [-0.39, 0.29) is 42.5 Å². The molecule has 0 saturated carbocycles. The minimum absolute atomic E-state index is 0.106. The number of amides is 2. The van der Waals surface area contributed by atoms with Gasteiger partial charge in [-0.15, -0.1) is 10.2 Å². The fraction of sp³-hybridized carbons (Fsp3) is 0.360. The Labute approximate surface area is 268 Å². The number of aromatic nitrogens is 8. The number of sulfone groups is 2. The van der Waals surface area contributed by atoms with Crippen LogP contribution in [0.2, 0.25) is 0 Å².